The van der Waals surface area contributed by atoms with Crippen molar-refractivity contribution in [2.45, 2.75) is 6.42 Å². The highest BCUT2D eigenvalue weighted by atomic mass is 19.1. The van der Waals surface area contributed by atoms with Crippen LogP contribution in [-0.2, 0) is 6.42 Å². The van der Waals surface area contributed by atoms with Gasteiger partial charge in [0, 0.05) is 11.6 Å². The number of Topliss-reactive ketones (excluding diaryl/α,β-unsaturated/α-hetero) is 1. The largest absolute Gasteiger partial charge is 0.342 e. The fourth-order valence-corrected chi connectivity index (χ4v) is 2.09. The second-order valence-corrected chi connectivity index (χ2v) is 4.60. The Hall–Kier alpha value is -2.63. The van der Waals surface area contributed by atoms with Gasteiger partial charge >= 0.3 is 0 Å². The van der Waals surface area contributed by atoms with Crippen LogP contribution in [0, 0.1) is 17.5 Å². The number of fused-ring (bicyclic) bond motifs is 1. The van der Waals surface area contributed by atoms with Crippen molar-refractivity contribution in [2.75, 3.05) is 0 Å². The summed E-state index contributed by atoms with van der Waals surface area (Å²) in [6.45, 7) is 0. The van der Waals surface area contributed by atoms with Gasteiger partial charge in [0.1, 0.15) is 23.3 Å². The van der Waals surface area contributed by atoms with Crippen LogP contribution in [0.15, 0.2) is 36.4 Å². The molecule has 6 heteroatoms. The molecular weight excluding hydrogens is 281 g/mol. The van der Waals surface area contributed by atoms with E-state index in [1.807, 2.05) is 0 Å². The minimum atomic E-state index is -0.815. The lowest BCUT2D eigenvalue weighted by Crippen LogP contribution is -2.06. The molecule has 0 aliphatic heterocycles. The van der Waals surface area contributed by atoms with Crippen molar-refractivity contribution >= 4 is 16.8 Å². The highest BCUT2D eigenvalue weighted by Gasteiger charge is 2.13. The number of imidazole rings is 1. The second-order valence-electron chi connectivity index (χ2n) is 4.60. The van der Waals surface area contributed by atoms with Gasteiger partial charge in [-0.3, -0.25) is 4.79 Å². The summed E-state index contributed by atoms with van der Waals surface area (Å²) in [5.74, 6) is -2.22. The Morgan fingerprint density at radius 2 is 1.71 bits per heavy atom. The van der Waals surface area contributed by atoms with E-state index >= 15 is 0 Å². The molecule has 0 saturated carbocycles. The number of benzene rings is 2. The lowest BCUT2D eigenvalue weighted by atomic mass is 10.1. The zero-order chi connectivity index (χ0) is 15.0. The van der Waals surface area contributed by atoms with Gasteiger partial charge < -0.3 is 4.98 Å². The predicted molar refractivity (Wildman–Crippen MR) is 70.4 cm³/mol. The first kappa shape index (κ1) is 13.4. The van der Waals surface area contributed by atoms with Gasteiger partial charge in [0.25, 0.3) is 0 Å². The Morgan fingerprint density at radius 1 is 1.00 bits per heavy atom. The third kappa shape index (κ3) is 2.79. The number of hydrogen-bond acceptors (Lipinski definition) is 2. The third-order valence-electron chi connectivity index (χ3n) is 3.01. The molecule has 3 nitrogen and oxygen atoms in total. The molecule has 106 valence electrons. The van der Waals surface area contributed by atoms with Crippen molar-refractivity contribution in [1.29, 1.82) is 0 Å². The molecule has 0 fully saturated rings. The number of nitrogens with one attached hydrogen (secondary N) is 1. The number of aromatic nitrogens is 2. The SMILES string of the molecule is O=C(Cc1nc2ccc(F)cc2[nH]1)c1cc(F)cc(F)c1. The van der Waals surface area contributed by atoms with Crippen LogP contribution in [0.2, 0.25) is 0 Å². The zero-order valence-electron chi connectivity index (χ0n) is 10.7. The summed E-state index contributed by atoms with van der Waals surface area (Å²) in [6.07, 6.45) is -0.154. The van der Waals surface area contributed by atoms with E-state index in [0.717, 1.165) is 12.1 Å². The number of carbonyl (C=O) groups excluding carboxylic acids is 1. The van der Waals surface area contributed by atoms with Gasteiger partial charge in [0.05, 0.1) is 17.5 Å². The summed E-state index contributed by atoms with van der Waals surface area (Å²) in [6, 6.07) is 6.63. The first-order valence-corrected chi connectivity index (χ1v) is 6.15. The van der Waals surface area contributed by atoms with Crippen LogP contribution in [0.1, 0.15) is 16.2 Å². The van der Waals surface area contributed by atoms with Crippen molar-refractivity contribution in [1.82, 2.24) is 9.97 Å². The molecule has 1 aromatic heterocycles. The van der Waals surface area contributed by atoms with Crippen LogP contribution >= 0.6 is 0 Å². The van der Waals surface area contributed by atoms with Crippen molar-refractivity contribution in [3.05, 3.63) is 65.2 Å². The molecule has 1 N–H and O–H groups in total. The molecule has 0 amide bonds. The molecule has 3 aromatic rings. The summed E-state index contributed by atoms with van der Waals surface area (Å²) in [5, 5.41) is 0. The lowest BCUT2D eigenvalue weighted by molar-refractivity contribution is 0.0990. The third-order valence-corrected chi connectivity index (χ3v) is 3.01. The number of ketones is 1. The maximum atomic E-state index is 13.1. The Morgan fingerprint density at radius 3 is 2.43 bits per heavy atom. The second kappa shape index (κ2) is 5.05. The molecule has 0 saturated heterocycles. The molecule has 0 unspecified atom stereocenters. The number of carbonyl (C=O) groups is 1. The van der Waals surface area contributed by atoms with E-state index in [0.29, 0.717) is 22.9 Å². The Bertz CT molecular complexity index is 822. The van der Waals surface area contributed by atoms with Crippen LogP contribution in [0.25, 0.3) is 11.0 Å². The summed E-state index contributed by atoms with van der Waals surface area (Å²) in [4.78, 5) is 18.9. The number of aromatic amines is 1. The smallest absolute Gasteiger partial charge is 0.170 e. The van der Waals surface area contributed by atoms with E-state index < -0.39 is 23.2 Å². The van der Waals surface area contributed by atoms with E-state index in [4.69, 9.17) is 0 Å². The highest BCUT2D eigenvalue weighted by molar-refractivity contribution is 5.97. The number of H-pyrrole nitrogens is 1. The maximum absolute atomic E-state index is 13.1. The Balaban J connectivity index is 1.88. The van der Waals surface area contributed by atoms with Gasteiger partial charge in [-0.1, -0.05) is 0 Å². The highest BCUT2D eigenvalue weighted by Crippen LogP contribution is 2.15. The van der Waals surface area contributed by atoms with E-state index in [-0.39, 0.29) is 12.0 Å². The first-order valence-electron chi connectivity index (χ1n) is 6.15. The fourth-order valence-electron chi connectivity index (χ4n) is 2.09. The van der Waals surface area contributed by atoms with E-state index in [1.54, 1.807) is 0 Å². The van der Waals surface area contributed by atoms with Crippen molar-refractivity contribution < 1.29 is 18.0 Å². The van der Waals surface area contributed by atoms with Gasteiger partial charge in [-0.05, 0) is 30.3 Å². The maximum Gasteiger partial charge on any atom is 0.170 e. The quantitative estimate of drug-likeness (QED) is 0.751. The number of nitrogens with zero attached hydrogens (tertiary/aromatic N) is 1. The van der Waals surface area contributed by atoms with Gasteiger partial charge in [-0.2, -0.15) is 0 Å². The molecule has 2 aromatic carbocycles. The molecule has 1 heterocycles. The normalized spacial score (nSPS) is 11.0. The molecule has 3 rings (SSSR count). The van der Waals surface area contributed by atoms with E-state index in [2.05, 4.69) is 9.97 Å². The monoisotopic (exact) mass is 290 g/mol. The van der Waals surface area contributed by atoms with Gasteiger partial charge in [0.15, 0.2) is 5.78 Å². The van der Waals surface area contributed by atoms with Crippen molar-refractivity contribution in [2.24, 2.45) is 0 Å². The molecule has 0 bridgehead atoms. The number of hydrogen-bond donors (Lipinski definition) is 1. The van der Waals surface area contributed by atoms with Crippen LogP contribution in [-0.4, -0.2) is 15.8 Å². The van der Waals surface area contributed by atoms with Gasteiger partial charge in [0.2, 0.25) is 0 Å². The van der Waals surface area contributed by atoms with Crippen LogP contribution < -0.4 is 0 Å². The zero-order valence-corrected chi connectivity index (χ0v) is 10.7. The molecular formula is C15H9F3N2O. The van der Waals surface area contributed by atoms with E-state index in [1.165, 1.54) is 18.2 Å². The van der Waals surface area contributed by atoms with Crippen molar-refractivity contribution in [3.8, 4) is 0 Å². The Labute approximate surface area is 117 Å². The standard InChI is InChI=1S/C15H9F3N2O/c16-9-1-2-12-13(6-9)20-15(19-12)7-14(21)8-3-10(17)5-11(18)4-8/h1-6H,7H2,(H,19,20). The summed E-state index contributed by atoms with van der Waals surface area (Å²) < 4.78 is 39.2. The minimum Gasteiger partial charge on any atom is -0.342 e. The van der Waals surface area contributed by atoms with E-state index in [9.17, 15) is 18.0 Å². The molecule has 0 aliphatic rings. The molecule has 0 spiro atoms. The number of halogens is 3. The summed E-state index contributed by atoms with van der Waals surface area (Å²) >= 11 is 0. The number of rotatable bonds is 3. The summed E-state index contributed by atoms with van der Waals surface area (Å²) in [7, 11) is 0. The van der Waals surface area contributed by atoms with Crippen molar-refractivity contribution in [3.63, 3.8) is 0 Å². The van der Waals surface area contributed by atoms with Gasteiger partial charge in [-0.15, -0.1) is 0 Å². The van der Waals surface area contributed by atoms with Crippen LogP contribution in [0.4, 0.5) is 13.2 Å². The first-order chi connectivity index (χ1) is 10.0. The molecule has 21 heavy (non-hydrogen) atoms. The van der Waals surface area contributed by atoms with Gasteiger partial charge in [-0.25, -0.2) is 18.2 Å². The lowest BCUT2D eigenvalue weighted by Gasteiger charge is -2.00. The molecule has 0 aliphatic carbocycles. The van der Waals surface area contributed by atoms with Crippen LogP contribution in [0.5, 0.6) is 0 Å². The topological polar surface area (TPSA) is 45.8 Å². The molecule has 0 atom stereocenters. The fraction of sp³-hybridized carbons (Fsp3) is 0.0667. The average molecular weight is 290 g/mol. The predicted octanol–water partition coefficient (Wildman–Crippen LogP) is 3.41. The Kier molecular flexibility index (Phi) is 3.21. The summed E-state index contributed by atoms with van der Waals surface area (Å²) in [5.41, 5.74) is 0.909. The minimum absolute atomic E-state index is 0.0702. The average Bonchev–Trinajstić information content (AvgIpc) is 2.78. The van der Waals surface area contributed by atoms with Crippen LogP contribution in [0.3, 0.4) is 0 Å². The molecule has 0 radical (unpaired) electrons.